The van der Waals surface area contributed by atoms with E-state index < -0.39 is 10.8 Å². The van der Waals surface area contributed by atoms with Crippen molar-refractivity contribution in [2.75, 3.05) is 14.2 Å². The molecule has 0 atom stereocenters. The lowest BCUT2D eigenvalue weighted by Gasteiger charge is -2.10. The molecule has 0 radical (unpaired) electrons. The number of nitrogens with one attached hydrogen (secondary N) is 1. The third kappa shape index (κ3) is 5.43. The van der Waals surface area contributed by atoms with E-state index in [-0.39, 0.29) is 35.1 Å². The van der Waals surface area contributed by atoms with E-state index in [1.165, 1.54) is 26.4 Å². The van der Waals surface area contributed by atoms with E-state index in [0.29, 0.717) is 6.54 Å². The number of aliphatic imine (C=N–C) groups is 1. The van der Waals surface area contributed by atoms with Gasteiger partial charge in [-0.25, -0.2) is 4.99 Å². The van der Waals surface area contributed by atoms with E-state index in [1.54, 1.807) is 0 Å². The lowest BCUT2D eigenvalue weighted by molar-refractivity contribution is -0.385. The van der Waals surface area contributed by atoms with Crippen molar-refractivity contribution >= 4 is 17.6 Å². The maximum absolute atomic E-state index is 12.2. The lowest BCUT2D eigenvalue weighted by Crippen LogP contribution is -2.37. The van der Waals surface area contributed by atoms with Crippen LogP contribution in [0.1, 0.15) is 11.1 Å². The molecule has 0 fully saturated rings. The first-order chi connectivity index (χ1) is 12.9. The lowest BCUT2D eigenvalue weighted by atomic mass is 10.1. The number of hydrogen-bond donors (Lipinski definition) is 2. The van der Waals surface area contributed by atoms with E-state index in [2.05, 4.69) is 10.3 Å². The van der Waals surface area contributed by atoms with Crippen LogP contribution in [0.25, 0.3) is 0 Å². The molecule has 9 heteroatoms. The molecule has 0 aliphatic carbocycles. The van der Waals surface area contributed by atoms with Crippen LogP contribution >= 0.6 is 0 Å². The zero-order valence-corrected chi connectivity index (χ0v) is 15.0. The molecule has 0 saturated carbocycles. The van der Waals surface area contributed by atoms with Gasteiger partial charge in [-0.1, -0.05) is 30.3 Å². The third-order valence-corrected chi connectivity index (χ3v) is 3.67. The minimum Gasteiger partial charge on any atom is -0.493 e. The van der Waals surface area contributed by atoms with Crippen molar-refractivity contribution in [2.24, 2.45) is 10.7 Å². The molecule has 2 rings (SSSR count). The summed E-state index contributed by atoms with van der Waals surface area (Å²) in [6.45, 7) is 0.309. The first-order valence-corrected chi connectivity index (χ1v) is 7.97. The normalized spacial score (nSPS) is 11.0. The van der Waals surface area contributed by atoms with Crippen LogP contribution in [-0.2, 0) is 17.8 Å². The van der Waals surface area contributed by atoms with Crippen LogP contribution in [0, 0.1) is 10.1 Å². The Morgan fingerprint density at radius 2 is 1.81 bits per heavy atom. The molecule has 0 bridgehead atoms. The highest BCUT2D eigenvalue weighted by Gasteiger charge is 2.21. The second kappa shape index (κ2) is 9.18. The van der Waals surface area contributed by atoms with Crippen molar-refractivity contribution in [1.82, 2.24) is 5.32 Å². The summed E-state index contributed by atoms with van der Waals surface area (Å²) < 4.78 is 10.2. The smallest absolute Gasteiger partial charge is 0.277 e. The number of rotatable bonds is 7. The number of nitrogens with two attached hydrogens (primary N) is 1. The summed E-state index contributed by atoms with van der Waals surface area (Å²) in [5, 5.41) is 13.7. The summed E-state index contributed by atoms with van der Waals surface area (Å²) in [4.78, 5) is 27.0. The van der Waals surface area contributed by atoms with Gasteiger partial charge in [0, 0.05) is 5.56 Å². The topological polar surface area (TPSA) is 129 Å². The molecule has 2 aromatic carbocycles. The van der Waals surface area contributed by atoms with Gasteiger partial charge in [-0.15, -0.1) is 0 Å². The number of benzene rings is 2. The van der Waals surface area contributed by atoms with Gasteiger partial charge in [0.25, 0.3) is 5.69 Å². The van der Waals surface area contributed by atoms with Crippen molar-refractivity contribution in [3.05, 3.63) is 63.7 Å². The Morgan fingerprint density at radius 3 is 2.41 bits per heavy atom. The van der Waals surface area contributed by atoms with Gasteiger partial charge in [0.2, 0.25) is 5.91 Å². The number of nitro groups is 1. The van der Waals surface area contributed by atoms with E-state index in [0.717, 1.165) is 5.56 Å². The number of amides is 1. The van der Waals surface area contributed by atoms with Gasteiger partial charge in [-0.05, 0) is 11.6 Å². The molecule has 3 N–H and O–H groups in total. The molecule has 0 aromatic heterocycles. The first kappa shape index (κ1) is 19.7. The number of methoxy groups -OCH3 is 2. The summed E-state index contributed by atoms with van der Waals surface area (Å²) in [6, 6.07) is 12.0. The highest BCUT2D eigenvalue weighted by atomic mass is 16.6. The second-order valence-electron chi connectivity index (χ2n) is 5.51. The molecule has 2 aromatic rings. The molecule has 142 valence electrons. The highest BCUT2D eigenvalue weighted by molar-refractivity contribution is 5.97. The Balaban J connectivity index is 2.11. The zero-order chi connectivity index (χ0) is 19.8. The quantitative estimate of drug-likeness (QED) is 0.330. The Kier molecular flexibility index (Phi) is 6.70. The predicted octanol–water partition coefficient (Wildman–Crippen LogP) is 1.79. The van der Waals surface area contributed by atoms with Crippen molar-refractivity contribution < 1.29 is 19.2 Å². The number of nitro benzene ring substituents is 1. The standard InChI is InChI=1S/C18H20N4O5/c1-26-15-8-13(14(22(24)25)10-16(15)27-2)9-17(23)21-18(19)20-11-12-6-4-3-5-7-12/h3-8,10H,9,11H2,1-2H3,(H3,19,20,21,23). The van der Waals surface area contributed by atoms with E-state index >= 15 is 0 Å². The van der Waals surface area contributed by atoms with Crippen LogP contribution in [0.5, 0.6) is 11.5 Å². The fourth-order valence-corrected chi connectivity index (χ4v) is 2.38. The molecule has 27 heavy (non-hydrogen) atoms. The van der Waals surface area contributed by atoms with Gasteiger partial charge < -0.3 is 15.2 Å². The number of guanidine groups is 1. The second-order valence-corrected chi connectivity index (χ2v) is 5.51. The van der Waals surface area contributed by atoms with Crippen molar-refractivity contribution in [3.63, 3.8) is 0 Å². The number of carbonyl (C=O) groups excluding carboxylic acids is 1. The van der Waals surface area contributed by atoms with Gasteiger partial charge in [-0.2, -0.15) is 0 Å². The average molecular weight is 372 g/mol. The molecule has 0 saturated heterocycles. The molecule has 0 unspecified atom stereocenters. The fraction of sp³-hybridized carbons (Fsp3) is 0.222. The fourth-order valence-electron chi connectivity index (χ4n) is 2.38. The molecular weight excluding hydrogens is 352 g/mol. The van der Waals surface area contributed by atoms with Gasteiger partial charge in [0.1, 0.15) is 0 Å². The highest BCUT2D eigenvalue weighted by Crippen LogP contribution is 2.34. The van der Waals surface area contributed by atoms with Crippen LogP contribution in [0.15, 0.2) is 47.5 Å². The monoisotopic (exact) mass is 372 g/mol. The van der Waals surface area contributed by atoms with E-state index in [4.69, 9.17) is 15.2 Å². The minimum atomic E-state index is -0.586. The van der Waals surface area contributed by atoms with Crippen LogP contribution < -0.4 is 20.5 Å². The van der Waals surface area contributed by atoms with Gasteiger partial charge in [0.15, 0.2) is 17.5 Å². The zero-order valence-electron chi connectivity index (χ0n) is 15.0. The molecule has 0 heterocycles. The number of ether oxygens (including phenoxy) is 2. The van der Waals surface area contributed by atoms with Crippen molar-refractivity contribution in [1.29, 1.82) is 0 Å². The van der Waals surface area contributed by atoms with Crippen molar-refractivity contribution in [2.45, 2.75) is 13.0 Å². The van der Waals surface area contributed by atoms with Gasteiger partial charge in [-0.3, -0.25) is 20.2 Å². The molecule has 1 amide bonds. The van der Waals surface area contributed by atoms with Crippen molar-refractivity contribution in [3.8, 4) is 11.5 Å². The van der Waals surface area contributed by atoms with Crippen LogP contribution in [0.3, 0.4) is 0 Å². The SMILES string of the molecule is COc1cc(CC(=O)NC(N)=NCc2ccccc2)c([N+](=O)[O-])cc1OC. The number of nitrogens with zero attached hydrogens (tertiary/aromatic N) is 2. The Hall–Kier alpha value is -3.62. The van der Waals surface area contributed by atoms with Gasteiger partial charge in [0.05, 0.1) is 38.2 Å². The third-order valence-electron chi connectivity index (χ3n) is 3.67. The Morgan fingerprint density at radius 1 is 1.19 bits per heavy atom. The summed E-state index contributed by atoms with van der Waals surface area (Å²) >= 11 is 0. The maximum atomic E-state index is 12.2. The first-order valence-electron chi connectivity index (χ1n) is 7.97. The summed E-state index contributed by atoms with van der Waals surface area (Å²) in [6.07, 6.45) is -0.266. The number of hydrogen-bond acceptors (Lipinski definition) is 6. The summed E-state index contributed by atoms with van der Waals surface area (Å²) in [5.74, 6) is -0.0967. The van der Waals surface area contributed by atoms with E-state index in [9.17, 15) is 14.9 Å². The van der Waals surface area contributed by atoms with E-state index in [1.807, 2.05) is 30.3 Å². The largest absolute Gasteiger partial charge is 0.493 e. The predicted molar refractivity (Wildman–Crippen MR) is 99.8 cm³/mol. The summed E-state index contributed by atoms with van der Waals surface area (Å²) in [5.41, 5.74) is 6.58. The van der Waals surface area contributed by atoms with Crippen LogP contribution in [0.4, 0.5) is 5.69 Å². The molecule has 9 nitrogen and oxygen atoms in total. The molecule has 0 aliphatic heterocycles. The minimum absolute atomic E-state index is 0.0630. The number of carbonyl (C=O) groups is 1. The van der Waals surface area contributed by atoms with Crippen LogP contribution in [-0.4, -0.2) is 31.0 Å². The maximum Gasteiger partial charge on any atom is 0.277 e. The molecule has 0 spiro atoms. The summed E-state index contributed by atoms with van der Waals surface area (Å²) in [7, 11) is 2.78. The molecular formula is C18H20N4O5. The molecule has 0 aliphatic rings. The van der Waals surface area contributed by atoms with Crippen LogP contribution in [0.2, 0.25) is 0 Å². The van der Waals surface area contributed by atoms with Gasteiger partial charge >= 0.3 is 0 Å². The Bertz CT molecular complexity index is 852. The average Bonchev–Trinajstić information content (AvgIpc) is 2.66. The Labute approximate surface area is 156 Å².